The first-order valence-corrected chi connectivity index (χ1v) is 5.42. The topological polar surface area (TPSA) is 67.3 Å². The maximum absolute atomic E-state index is 11.4. The monoisotopic (exact) mass is 238 g/mol. The van der Waals surface area contributed by atoms with Crippen LogP contribution in [0, 0.1) is 6.92 Å². The number of carbonyl (C=O) groups excluding carboxylic acids is 1. The molecule has 1 N–H and O–H groups in total. The van der Waals surface area contributed by atoms with Crippen LogP contribution >= 0.6 is 0 Å². The van der Waals surface area contributed by atoms with Crippen LogP contribution in [0.4, 0.5) is 0 Å². The van der Waals surface area contributed by atoms with E-state index in [0.29, 0.717) is 6.54 Å². The van der Waals surface area contributed by atoms with Crippen molar-refractivity contribution >= 4 is 5.91 Å². The summed E-state index contributed by atoms with van der Waals surface area (Å²) in [6.07, 6.45) is 1.60. The SMILES string of the molecule is Cc1ccnc(OCC(=O)NCCN(C)C)n1. The normalized spacial score (nSPS) is 10.4. The summed E-state index contributed by atoms with van der Waals surface area (Å²) >= 11 is 0. The average Bonchev–Trinajstić information content (AvgIpc) is 2.26. The number of hydrogen-bond donors (Lipinski definition) is 1. The summed E-state index contributed by atoms with van der Waals surface area (Å²) in [5.41, 5.74) is 0.808. The molecule has 0 radical (unpaired) electrons. The molecule has 0 bridgehead atoms. The minimum absolute atomic E-state index is 0.0586. The van der Waals surface area contributed by atoms with Crippen LogP contribution < -0.4 is 10.1 Å². The lowest BCUT2D eigenvalue weighted by molar-refractivity contribution is -0.123. The molecule has 0 saturated carbocycles. The smallest absolute Gasteiger partial charge is 0.317 e. The van der Waals surface area contributed by atoms with Crippen molar-refractivity contribution in [2.45, 2.75) is 6.92 Å². The number of ether oxygens (including phenoxy) is 1. The Morgan fingerprint density at radius 3 is 2.94 bits per heavy atom. The molecule has 0 aliphatic carbocycles. The molecule has 0 aliphatic heterocycles. The van der Waals surface area contributed by atoms with Crippen molar-refractivity contribution in [1.29, 1.82) is 0 Å². The molecule has 94 valence electrons. The van der Waals surface area contributed by atoms with Gasteiger partial charge in [-0.25, -0.2) is 9.97 Å². The van der Waals surface area contributed by atoms with Gasteiger partial charge in [-0.2, -0.15) is 0 Å². The van der Waals surface area contributed by atoms with Gasteiger partial charge in [0.1, 0.15) is 0 Å². The highest BCUT2D eigenvalue weighted by molar-refractivity contribution is 5.77. The van der Waals surface area contributed by atoms with Crippen LogP contribution in [-0.2, 0) is 4.79 Å². The van der Waals surface area contributed by atoms with Crippen molar-refractivity contribution in [3.63, 3.8) is 0 Å². The molecule has 1 aromatic rings. The van der Waals surface area contributed by atoms with Crippen molar-refractivity contribution in [3.05, 3.63) is 18.0 Å². The van der Waals surface area contributed by atoms with Gasteiger partial charge < -0.3 is 15.0 Å². The van der Waals surface area contributed by atoms with Crippen LogP contribution in [0.1, 0.15) is 5.69 Å². The van der Waals surface area contributed by atoms with Gasteiger partial charge in [-0.15, -0.1) is 0 Å². The highest BCUT2D eigenvalue weighted by atomic mass is 16.5. The van der Waals surface area contributed by atoms with E-state index in [1.807, 2.05) is 25.9 Å². The van der Waals surface area contributed by atoms with E-state index in [4.69, 9.17) is 4.74 Å². The third kappa shape index (κ3) is 5.82. The van der Waals surface area contributed by atoms with Crippen LogP contribution in [0.25, 0.3) is 0 Å². The predicted molar refractivity (Wildman–Crippen MR) is 63.8 cm³/mol. The van der Waals surface area contributed by atoms with E-state index >= 15 is 0 Å². The molecular formula is C11H18N4O2. The minimum Gasteiger partial charge on any atom is -0.453 e. The van der Waals surface area contributed by atoms with Crippen LogP contribution in [0.5, 0.6) is 6.01 Å². The Morgan fingerprint density at radius 2 is 2.29 bits per heavy atom. The molecule has 1 rings (SSSR count). The molecule has 0 atom stereocenters. The van der Waals surface area contributed by atoms with Gasteiger partial charge in [0.25, 0.3) is 5.91 Å². The van der Waals surface area contributed by atoms with Gasteiger partial charge in [0.2, 0.25) is 0 Å². The number of likely N-dealkylation sites (N-methyl/N-ethyl adjacent to an activating group) is 1. The number of rotatable bonds is 6. The number of nitrogens with one attached hydrogen (secondary N) is 1. The molecule has 0 aliphatic rings. The lowest BCUT2D eigenvalue weighted by Gasteiger charge is -2.10. The van der Waals surface area contributed by atoms with E-state index in [1.54, 1.807) is 12.3 Å². The van der Waals surface area contributed by atoms with Gasteiger partial charge in [-0.1, -0.05) is 0 Å². The third-order valence-electron chi connectivity index (χ3n) is 1.99. The fraction of sp³-hybridized carbons (Fsp3) is 0.545. The lowest BCUT2D eigenvalue weighted by atomic mass is 10.5. The summed E-state index contributed by atoms with van der Waals surface area (Å²) in [7, 11) is 3.90. The molecular weight excluding hydrogens is 220 g/mol. The standard InChI is InChI=1S/C11H18N4O2/c1-9-4-5-13-11(14-9)17-8-10(16)12-6-7-15(2)3/h4-5H,6-8H2,1-3H3,(H,12,16). The van der Waals surface area contributed by atoms with Crippen molar-refractivity contribution in [1.82, 2.24) is 20.2 Å². The first kappa shape index (κ1) is 13.4. The molecule has 0 fully saturated rings. The van der Waals surface area contributed by atoms with Crippen LogP contribution in [0.3, 0.4) is 0 Å². The maximum atomic E-state index is 11.4. The molecule has 0 aromatic carbocycles. The van der Waals surface area contributed by atoms with E-state index in [-0.39, 0.29) is 18.5 Å². The van der Waals surface area contributed by atoms with Crippen molar-refractivity contribution in [3.8, 4) is 6.01 Å². The zero-order valence-corrected chi connectivity index (χ0v) is 10.4. The Bertz CT molecular complexity index is 368. The van der Waals surface area contributed by atoms with E-state index in [9.17, 15) is 4.79 Å². The molecule has 1 amide bonds. The second kappa shape index (κ2) is 6.80. The Morgan fingerprint density at radius 1 is 1.53 bits per heavy atom. The second-order valence-corrected chi connectivity index (χ2v) is 3.92. The Hall–Kier alpha value is -1.69. The van der Waals surface area contributed by atoms with E-state index < -0.39 is 0 Å². The van der Waals surface area contributed by atoms with Gasteiger partial charge in [0.05, 0.1) is 0 Å². The first-order valence-electron chi connectivity index (χ1n) is 5.42. The van der Waals surface area contributed by atoms with Crippen molar-refractivity contribution in [2.24, 2.45) is 0 Å². The number of hydrogen-bond acceptors (Lipinski definition) is 5. The number of amides is 1. The number of carbonyl (C=O) groups is 1. The number of aromatic nitrogens is 2. The summed E-state index contributed by atoms with van der Waals surface area (Å²) in [5.74, 6) is -0.169. The fourth-order valence-electron chi connectivity index (χ4n) is 1.10. The van der Waals surface area contributed by atoms with Gasteiger partial charge in [-0.3, -0.25) is 4.79 Å². The van der Waals surface area contributed by atoms with Crippen molar-refractivity contribution in [2.75, 3.05) is 33.8 Å². The van der Waals surface area contributed by atoms with Crippen LogP contribution in [0.2, 0.25) is 0 Å². The lowest BCUT2D eigenvalue weighted by Crippen LogP contribution is -2.34. The van der Waals surface area contributed by atoms with Gasteiger partial charge in [-0.05, 0) is 27.1 Å². The van der Waals surface area contributed by atoms with Crippen molar-refractivity contribution < 1.29 is 9.53 Å². The molecule has 17 heavy (non-hydrogen) atoms. The van der Waals surface area contributed by atoms with E-state index in [1.165, 1.54) is 0 Å². The summed E-state index contributed by atoms with van der Waals surface area (Å²) in [5, 5.41) is 2.74. The van der Waals surface area contributed by atoms with Gasteiger partial charge in [0.15, 0.2) is 6.61 Å². The molecule has 0 spiro atoms. The Kier molecular flexibility index (Phi) is 5.35. The van der Waals surface area contributed by atoms with Gasteiger partial charge >= 0.3 is 6.01 Å². The largest absolute Gasteiger partial charge is 0.453 e. The summed E-state index contributed by atoms with van der Waals surface area (Å²) in [6.45, 7) is 3.18. The average molecular weight is 238 g/mol. The predicted octanol–water partition coefficient (Wildman–Crippen LogP) is -0.158. The summed E-state index contributed by atoms with van der Waals surface area (Å²) in [6, 6.07) is 2.00. The summed E-state index contributed by atoms with van der Waals surface area (Å²) < 4.78 is 5.16. The zero-order chi connectivity index (χ0) is 12.7. The molecule has 0 unspecified atom stereocenters. The fourth-order valence-corrected chi connectivity index (χ4v) is 1.10. The molecule has 1 aromatic heterocycles. The van der Waals surface area contributed by atoms with Crippen LogP contribution in [0.15, 0.2) is 12.3 Å². The molecule has 0 saturated heterocycles. The number of nitrogens with zero attached hydrogens (tertiary/aromatic N) is 3. The Labute approximate surface area is 101 Å². The first-order chi connectivity index (χ1) is 8.08. The second-order valence-electron chi connectivity index (χ2n) is 3.92. The number of aryl methyl sites for hydroxylation is 1. The highest BCUT2D eigenvalue weighted by Crippen LogP contribution is 2.00. The van der Waals surface area contributed by atoms with Crippen LogP contribution in [-0.4, -0.2) is 54.6 Å². The van der Waals surface area contributed by atoms with E-state index in [2.05, 4.69) is 15.3 Å². The quantitative estimate of drug-likeness (QED) is 0.746. The van der Waals surface area contributed by atoms with Gasteiger partial charge in [0, 0.05) is 25.0 Å². The highest BCUT2D eigenvalue weighted by Gasteiger charge is 2.04. The third-order valence-corrected chi connectivity index (χ3v) is 1.99. The summed E-state index contributed by atoms with van der Waals surface area (Å²) in [4.78, 5) is 21.3. The zero-order valence-electron chi connectivity index (χ0n) is 10.4. The molecule has 6 heteroatoms. The molecule has 1 heterocycles. The molecule has 6 nitrogen and oxygen atoms in total. The van der Waals surface area contributed by atoms with E-state index in [0.717, 1.165) is 12.2 Å². The maximum Gasteiger partial charge on any atom is 0.317 e. The minimum atomic E-state index is -0.169. The Balaban J connectivity index is 2.24.